The minimum Gasteiger partial charge on any atom is -0.493 e. The van der Waals surface area contributed by atoms with Crippen molar-refractivity contribution in [3.8, 4) is 5.75 Å². The van der Waals surface area contributed by atoms with Gasteiger partial charge in [0.2, 0.25) is 5.91 Å². The summed E-state index contributed by atoms with van der Waals surface area (Å²) in [5.74, 6) is -1.39. The largest absolute Gasteiger partial charge is 0.493 e. The summed E-state index contributed by atoms with van der Waals surface area (Å²) in [7, 11) is 0. The molecule has 0 unspecified atom stereocenters. The fourth-order valence-corrected chi connectivity index (χ4v) is 2.30. The molecule has 2 N–H and O–H groups in total. The minimum absolute atomic E-state index is 0.0802. The second kappa shape index (κ2) is 6.85. The summed E-state index contributed by atoms with van der Waals surface area (Å²) in [6.45, 7) is 0.104. The van der Waals surface area contributed by atoms with Gasteiger partial charge in [-0.05, 0) is 24.3 Å². The first-order chi connectivity index (χ1) is 10.0. The number of amides is 1. The number of ether oxygens (including phenoxy) is 1. The number of halogens is 1. The van der Waals surface area contributed by atoms with E-state index in [2.05, 4.69) is 5.32 Å². The Morgan fingerprint density at radius 1 is 1.29 bits per heavy atom. The number of rotatable bonds is 6. The van der Waals surface area contributed by atoms with Crippen LogP contribution in [0.25, 0.3) is 0 Å². The van der Waals surface area contributed by atoms with Crippen LogP contribution in [0.4, 0.5) is 9.39 Å². The van der Waals surface area contributed by atoms with Gasteiger partial charge in [0.1, 0.15) is 16.4 Å². The second-order valence-corrected chi connectivity index (χ2v) is 5.16. The number of carbonyl (C=O) groups excluding carboxylic acids is 1. The highest BCUT2D eigenvalue weighted by Crippen LogP contribution is 2.21. The van der Waals surface area contributed by atoms with Gasteiger partial charge in [-0.15, -0.1) is 11.3 Å². The number of hydrogen-bond acceptors (Lipinski definition) is 4. The Labute approximate surface area is 124 Å². The van der Waals surface area contributed by atoms with Crippen molar-refractivity contribution in [2.24, 2.45) is 0 Å². The molecule has 0 bridgehead atoms. The lowest BCUT2D eigenvalue weighted by Crippen LogP contribution is -2.14. The van der Waals surface area contributed by atoms with Crippen molar-refractivity contribution in [3.63, 3.8) is 0 Å². The lowest BCUT2D eigenvalue weighted by atomic mass is 10.3. The minimum atomic E-state index is -1.03. The molecule has 0 spiro atoms. The molecule has 0 saturated carbocycles. The number of carbonyl (C=O) groups is 2. The van der Waals surface area contributed by atoms with Crippen molar-refractivity contribution in [3.05, 3.63) is 47.1 Å². The summed E-state index contributed by atoms with van der Waals surface area (Å²) in [6, 6.07) is 8.60. The molecule has 7 heteroatoms. The Balaban J connectivity index is 1.78. The molecule has 0 saturated heterocycles. The number of thiophene rings is 1. The van der Waals surface area contributed by atoms with Crippen molar-refractivity contribution in [2.75, 3.05) is 11.9 Å². The smallest absolute Gasteiger partial charge is 0.345 e. The Hall–Kier alpha value is -2.41. The summed E-state index contributed by atoms with van der Waals surface area (Å²) in [6.07, 6.45) is 0.0802. The molecule has 0 aliphatic rings. The molecule has 1 aromatic carbocycles. The molecule has 21 heavy (non-hydrogen) atoms. The highest BCUT2D eigenvalue weighted by molar-refractivity contribution is 7.18. The van der Waals surface area contributed by atoms with Crippen molar-refractivity contribution < 1.29 is 23.8 Å². The first kappa shape index (κ1) is 15.0. The number of anilines is 1. The van der Waals surface area contributed by atoms with Crippen LogP contribution in [-0.2, 0) is 4.79 Å². The summed E-state index contributed by atoms with van der Waals surface area (Å²) in [5, 5.41) is 11.8. The maximum atomic E-state index is 12.9. The predicted octanol–water partition coefficient (Wildman–Crippen LogP) is 2.99. The van der Waals surface area contributed by atoms with Crippen LogP contribution in [0.3, 0.4) is 0 Å². The summed E-state index contributed by atoms with van der Waals surface area (Å²) < 4.78 is 18.1. The average Bonchev–Trinajstić information content (AvgIpc) is 2.87. The van der Waals surface area contributed by atoms with Gasteiger partial charge in [0.25, 0.3) is 0 Å². The molecule has 0 fully saturated rings. The predicted molar refractivity (Wildman–Crippen MR) is 76.4 cm³/mol. The SMILES string of the molecule is O=C(CCOc1cccc(F)c1)Nc1ccc(C(=O)O)s1. The Morgan fingerprint density at radius 2 is 2.10 bits per heavy atom. The van der Waals surface area contributed by atoms with E-state index in [1.165, 1.54) is 30.3 Å². The van der Waals surface area contributed by atoms with Gasteiger partial charge in [0, 0.05) is 6.07 Å². The Morgan fingerprint density at radius 3 is 2.76 bits per heavy atom. The highest BCUT2D eigenvalue weighted by atomic mass is 32.1. The average molecular weight is 309 g/mol. The molecule has 0 aliphatic carbocycles. The van der Waals surface area contributed by atoms with Gasteiger partial charge >= 0.3 is 5.97 Å². The van der Waals surface area contributed by atoms with Crippen LogP contribution < -0.4 is 10.1 Å². The zero-order chi connectivity index (χ0) is 15.2. The lowest BCUT2D eigenvalue weighted by molar-refractivity contribution is -0.116. The molecule has 1 heterocycles. The Bertz CT molecular complexity index is 656. The highest BCUT2D eigenvalue weighted by Gasteiger charge is 2.09. The molecule has 1 amide bonds. The third kappa shape index (κ3) is 4.57. The van der Waals surface area contributed by atoms with Gasteiger partial charge in [-0.2, -0.15) is 0 Å². The van der Waals surface area contributed by atoms with Crippen molar-refractivity contribution in [2.45, 2.75) is 6.42 Å². The van der Waals surface area contributed by atoms with E-state index < -0.39 is 11.8 Å². The third-order valence-electron chi connectivity index (χ3n) is 2.47. The van der Waals surface area contributed by atoms with E-state index in [0.29, 0.717) is 10.8 Å². The van der Waals surface area contributed by atoms with Crippen LogP contribution in [0.5, 0.6) is 5.75 Å². The molecule has 0 atom stereocenters. The molecular weight excluding hydrogens is 297 g/mol. The van der Waals surface area contributed by atoms with Gasteiger partial charge < -0.3 is 15.2 Å². The first-order valence-electron chi connectivity index (χ1n) is 6.06. The van der Waals surface area contributed by atoms with Crippen molar-refractivity contribution >= 4 is 28.2 Å². The monoisotopic (exact) mass is 309 g/mol. The zero-order valence-electron chi connectivity index (χ0n) is 10.8. The van der Waals surface area contributed by atoms with Crippen LogP contribution in [0.15, 0.2) is 36.4 Å². The summed E-state index contributed by atoms with van der Waals surface area (Å²) in [4.78, 5) is 22.5. The number of carboxylic acids is 1. The van der Waals surface area contributed by atoms with Gasteiger partial charge in [0.05, 0.1) is 18.0 Å². The molecule has 110 valence electrons. The van der Waals surface area contributed by atoms with E-state index in [1.807, 2.05) is 0 Å². The topological polar surface area (TPSA) is 75.6 Å². The quantitative estimate of drug-likeness (QED) is 0.860. The van der Waals surface area contributed by atoms with E-state index in [4.69, 9.17) is 9.84 Å². The van der Waals surface area contributed by atoms with Gasteiger partial charge in [0.15, 0.2) is 0 Å². The molecule has 0 aliphatic heterocycles. The fourth-order valence-electron chi connectivity index (χ4n) is 1.54. The van der Waals surface area contributed by atoms with E-state index in [0.717, 1.165) is 11.3 Å². The van der Waals surface area contributed by atoms with Gasteiger partial charge in [-0.3, -0.25) is 4.79 Å². The first-order valence-corrected chi connectivity index (χ1v) is 6.87. The van der Waals surface area contributed by atoms with Gasteiger partial charge in [-0.25, -0.2) is 9.18 Å². The maximum Gasteiger partial charge on any atom is 0.345 e. The van der Waals surface area contributed by atoms with Crippen LogP contribution in [0.2, 0.25) is 0 Å². The van der Waals surface area contributed by atoms with Crippen LogP contribution in [0, 0.1) is 5.82 Å². The molecule has 5 nitrogen and oxygen atoms in total. The number of aromatic carboxylic acids is 1. The molecule has 1 aromatic heterocycles. The van der Waals surface area contributed by atoms with Crippen molar-refractivity contribution in [1.82, 2.24) is 0 Å². The summed E-state index contributed by atoms with van der Waals surface area (Å²) >= 11 is 0.979. The molecule has 2 rings (SSSR count). The third-order valence-corrected chi connectivity index (χ3v) is 3.46. The van der Waals surface area contributed by atoms with E-state index in [9.17, 15) is 14.0 Å². The zero-order valence-corrected chi connectivity index (χ0v) is 11.7. The van der Waals surface area contributed by atoms with E-state index in [1.54, 1.807) is 6.07 Å². The Kier molecular flexibility index (Phi) is 4.89. The van der Waals surface area contributed by atoms with Gasteiger partial charge in [-0.1, -0.05) is 6.07 Å². The number of benzene rings is 1. The van der Waals surface area contributed by atoms with Crippen LogP contribution in [-0.4, -0.2) is 23.6 Å². The number of hydrogen-bond donors (Lipinski definition) is 2. The standard InChI is InChI=1S/C14H12FNO4S/c15-9-2-1-3-10(8-9)20-7-6-12(17)16-13-5-4-11(21-13)14(18)19/h1-5,8H,6-7H2,(H,16,17)(H,18,19). The number of nitrogens with one attached hydrogen (secondary N) is 1. The molecular formula is C14H12FNO4S. The molecule has 0 radical (unpaired) electrons. The van der Waals surface area contributed by atoms with E-state index in [-0.39, 0.29) is 23.8 Å². The van der Waals surface area contributed by atoms with Crippen LogP contribution >= 0.6 is 11.3 Å². The fraction of sp³-hybridized carbons (Fsp3) is 0.143. The van der Waals surface area contributed by atoms with Crippen LogP contribution in [0.1, 0.15) is 16.1 Å². The maximum absolute atomic E-state index is 12.9. The van der Waals surface area contributed by atoms with Crippen molar-refractivity contribution in [1.29, 1.82) is 0 Å². The number of carboxylic acid groups (broad SMARTS) is 1. The van der Waals surface area contributed by atoms with E-state index >= 15 is 0 Å². The summed E-state index contributed by atoms with van der Waals surface area (Å²) in [5.41, 5.74) is 0. The normalized spacial score (nSPS) is 10.1. The second-order valence-electron chi connectivity index (χ2n) is 4.07. The lowest BCUT2D eigenvalue weighted by Gasteiger charge is -2.06. The molecule has 2 aromatic rings.